The van der Waals surface area contributed by atoms with E-state index in [1.54, 1.807) is 0 Å². The van der Waals surface area contributed by atoms with Gasteiger partial charge in [0, 0.05) is 24.5 Å². The number of hydrogen-bond donors (Lipinski definition) is 2. The highest BCUT2D eigenvalue weighted by molar-refractivity contribution is 5.76. The lowest BCUT2D eigenvalue weighted by atomic mass is 10.0. The van der Waals surface area contributed by atoms with Crippen LogP contribution in [0.15, 0.2) is 30.3 Å². The summed E-state index contributed by atoms with van der Waals surface area (Å²) >= 11 is 0. The molecule has 3 heteroatoms. The van der Waals surface area contributed by atoms with Crippen molar-refractivity contribution in [1.82, 2.24) is 10.6 Å². The van der Waals surface area contributed by atoms with E-state index in [4.69, 9.17) is 0 Å². The maximum atomic E-state index is 11.3. The van der Waals surface area contributed by atoms with Crippen molar-refractivity contribution in [3.8, 4) is 0 Å². The van der Waals surface area contributed by atoms with E-state index in [2.05, 4.69) is 41.0 Å². The van der Waals surface area contributed by atoms with E-state index in [1.807, 2.05) is 0 Å². The van der Waals surface area contributed by atoms with Gasteiger partial charge in [0.05, 0.1) is 0 Å². The van der Waals surface area contributed by atoms with Crippen molar-refractivity contribution in [3.05, 3.63) is 35.9 Å². The number of nitrogens with one attached hydrogen (secondary N) is 2. The van der Waals surface area contributed by atoms with Crippen LogP contribution in [0.2, 0.25) is 0 Å². The second-order valence-electron chi connectivity index (χ2n) is 5.47. The molecule has 1 heterocycles. The van der Waals surface area contributed by atoms with Crippen LogP contribution >= 0.6 is 0 Å². The molecule has 1 saturated carbocycles. The molecule has 3 nitrogen and oxygen atoms in total. The fourth-order valence-electron chi connectivity index (χ4n) is 2.86. The Bertz CT molecular complexity index is 425. The van der Waals surface area contributed by atoms with E-state index in [9.17, 15) is 4.79 Å². The summed E-state index contributed by atoms with van der Waals surface area (Å²) in [5.74, 6) is 0.198. The maximum absolute atomic E-state index is 11.3. The number of benzene rings is 1. The lowest BCUT2D eigenvalue weighted by molar-refractivity contribution is -0.120. The average Bonchev–Trinajstić information content (AvgIpc) is 3.19. The van der Waals surface area contributed by atoms with Gasteiger partial charge >= 0.3 is 0 Å². The molecule has 0 bridgehead atoms. The van der Waals surface area contributed by atoms with Crippen LogP contribution in [0.1, 0.15) is 37.7 Å². The van der Waals surface area contributed by atoms with Gasteiger partial charge in [0.1, 0.15) is 0 Å². The third-order valence-corrected chi connectivity index (χ3v) is 4.09. The molecule has 1 aliphatic carbocycles. The lowest BCUT2D eigenvalue weighted by Gasteiger charge is -2.24. The zero-order valence-electron chi connectivity index (χ0n) is 10.6. The number of carbonyl (C=O) groups excluding carboxylic acids is 1. The van der Waals surface area contributed by atoms with Crippen molar-refractivity contribution >= 4 is 5.91 Å². The van der Waals surface area contributed by atoms with Crippen LogP contribution < -0.4 is 10.6 Å². The smallest absolute Gasteiger partial charge is 0.220 e. The van der Waals surface area contributed by atoms with Crippen LogP contribution in [0, 0.1) is 0 Å². The molecule has 0 aromatic heterocycles. The largest absolute Gasteiger partial charge is 0.356 e. The fraction of sp³-hybridized carbons (Fsp3) is 0.533. The number of hydrogen-bond acceptors (Lipinski definition) is 2. The Morgan fingerprint density at radius 1 is 1.17 bits per heavy atom. The van der Waals surface area contributed by atoms with Gasteiger partial charge in [0.2, 0.25) is 5.91 Å². The van der Waals surface area contributed by atoms with Crippen molar-refractivity contribution < 1.29 is 4.79 Å². The van der Waals surface area contributed by atoms with E-state index < -0.39 is 0 Å². The summed E-state index contributed by atoms with van der Waals surface area (Å²) in [6.07, 6.45) is 5.09. The summed E-state index contributed by atoms with van der Waals surface area (Å²) in [4.78, 5) is 11.3. The predicted molar refractivity (Wildman–Crippen MR) is 71.1 cm³/mol. The average molecular weight is 244 g/mol. The minimum atomic E-state index is 0.194. The van der Waals surface area contributed by atoms with E-state index >= 15 is 0 Å². The number of carbonyl (C=O) groups is 1. The van der Waals surface area contributed by atoms with Crippen molar-refractivity contribution in [2.75, 3.05) is 6.54 Å². The van der Waals surface area contributed by atoms with Crippen molar-refractivity contribution in [2.45, 2.75) is 43.7 Å². The van der Waals surface area contributed by atoms with Gasteiger partial charge in [-0.05, 0) is 31.2 Å². The molecule has 96 valence electrons. The first-order valence-corrected chi connectivity index (χ1v) is 6.88. The molecule has 1 aliphatic heterocycles. The van der Waals surface area contributed by atoms with Crippen LogP contribution in [0.5, 0.6) is 0 Å². The van der Waals surface area contributed by atoms with Gasteiger partial charge in [-0.1, -0.05) is 30.3 Å². The van der Waals surface area contributed by atoms with E-state index in [-0.39, 0.29) is 11.4 Å². The van der Waals surface area contributed by atoms with Crippen LogP contribution in [-0.4, -0.2) is 18.5 Å². The van der Waals surface area contributed by atoms with Gasteiger partial charge < -0.3 is 10.6 Å². The van der Waals surface area contributed by atoms with Gasteiger partial charge in [-0.15, -0.1) is 0 Å². The first-order valence-electron chi connectivity index (χ1n) is 6.88. The van der Waals surface area contributed by atoms with Crippen LogP contribution in [-0.2, 0) is 10.3 Å². The molecule has 2 aliphatic rings. The van der Waals surface area contributed by atoms with Crippen LogP contribution in [0.25, 0.3) is 0 Å². The highest BCUT2D eigenvalue weighted by Crippen LogP contribution is 2.46. The van der Waals surface area contributed by atoms with E-state index in [1.165, 1.54) is 18.4 Å². The second-order valence-corrected chi connectivity index (χ2v) is 5.47. The predicted octanol–water partition coefficient (Wildman–Crippen LogP) is 1.93. The Labute approximate surface area is 108 Å². The molecule has 1 aromatic rings. The molecule has 2 fully saturated rings. The van der Waals surface area contributed by atoms with Gasteiger partial charge in [-0.3, -0.25) is 4.79 Å². The Hall–Kier alpha value is -1.35. The summed E-state index contributed by atoms with van der Waals surface area (Å²) in [7, 11) is 0. The summed E-state index contributed by atoms with van der Waals surface area (Å²) in [5.41, 5.74) is 1.59. The Morgan fingerprint density at radius 3 is 2.67 bits per heavy atom. The Balaban J connectivity index is 1.67. The van der Waals surface area contributed by atoms with Crippen molar-refractivity contribution in [2.24, 2.45) is 0 Å². The summed E-state index contributed by atoms with van der Waals surface area (Å²) in [6, 6.07) is 11.2. The summed E-state index contributed by atoms with van der Waals surface area (Å²) < 4.78 is 0. The molecule has 0 unspecified atom stereocenters. The molecular formula is C15H20N2O. The Kier molecular flexibility index (Phi) is 3.08. The third-order valence-electron chi connectivity index (χ3n) is 4.09. The van der Waals surface area contributed by atoms with Crippen LogP contribution in [0.4, 0.5) is 0 Å². The molecule has 1 amide bonds. The first-order chi connectivity index (χ1) is 8.78. The zero-order valence-corrected chi connectivity index (χ0v) is 10.6. The molecule has 0 radical (unpaired) electrons. The number of rotatable bonds is 3. The molecule has 2 N–H and O–H groups in total. The minimum absolute atomic E-state index is 0.194. The fourth-order valence-corrected chi connectivity index (χ4v) is 2.86. The highest BCUT2D eigenvalue weighted by Gasteiger charge is 2.45. The molecule has 0 spiro atoms. The molecule has 1 saturated heterocycles. The summed E-state index contributed by atoms with van der Waals surface area (Å²) in [6.45, 7) is 0.807. The second kappa shape index (κ2) is 4.73. The quantitative estimate of drug-likeness (QED) is 0.853. The zero-order chi connectivity index (χ0) is 12.4. The lowest BCUT2D eigenvalue weighted by Crippen LogP contribution is -2.38. The van der Waals surface area contributed by atoms with Crippen molar-refractivity contribution in [3.63, 3.8) is 0 Å². The number of amides is 1. The molecule has 18 heavy (non-hydrogen) atoms. The van der Waals surface area contributed by atoms with Gasteiger partial charge in [0.15, 0.2) is 0 Å². The minimum Gasteiger partial charge on any atom is -0.356 e. The molecule has 3 rings (SSSR count). The van der Waals surface area contributed by atoms with Crippen LogP contribution in [0.3, 0.4) is 0 Å². The van der Waals surface area contributed by atoms with E-state index in [0.717, 1.165) is 19.4 Å². The van der Waals surface area contributed by atoms with Gasteiger partial charge in [0.25, 0.3) is 0 Å². The third kappa shape index (κ3) is 2.41. The highest BCUT2D eigenvalue weighted by atomic mass is 16.1. The Morgan fingerprint density at radius 2 is 1.94 bits per heavy atom. The molecular weight excluding hydrogens is 224 g/mol. The summed E-state index contributed by atoms with van der Waals surface area (Å²) in [5, 5.41) is 6.73. The van der Waals surface area contributed by atoms with Gasteiger partial charge in [-0.25, -0.2) is 0 Å². The SMILES string of the molecule is O=C1CC[C@H](NC2(c3ccccc3)CC2)CCN1. The normalized spacial score (nSPS) is 26.2. The molecule has 1 aromatic carbocycles. The topological polar surface area (TPSA) is 41.1 Å². The van der Waals surface area contributed by atoms with Gasteiger partial charge in [-0.2, -0.15) is 0 Å². The van der Waals surface area contributed by atoms with Crippen molar-refractivity contribution in [1.29, 1.82) is 0 Å². The van der Waals surface area contributed by atoms with E-state index in [0.29, 0.717) is 12.5 Å². The molecule has 1 atom stereocenters. The maximum Gasteiger partial charge on any atom is 0.220 e. The first kappa shape index (κ1) is 11.7. The monoisotopic (exact) mass is 244 g/mol. The standard InChI is InChI=1S/C15H20N2O/c18-14-7-6-13(8-11-16-14)17-15(9-10-15)12-4-2-1-3-5-12/h1-5,13,17H,6-11H2,(H,16,18)/t13-/m0/s1.